The number of methoxy groups -OCH3 is 1. The molecule has 0 radical (unpaired) electrons. The van der Waals surface area contributed by atoms with Gasteiger partial charge in [-0.05, 0) is 0 Å². The summed E-state index contributed by atoms with van der Waals surface area (Å²) in [6.07, 6.45) is 0. The Morgan fingerprint density at radius 1 is 0.885 bits per heavy atom. The molecule has 0 N–H and O–H groups in total. The molecule has 0 spiro atoms. The Kier molecular flexibility index (Phi) is 7.54. The summed E-state index contributed by atoms with van der Waals surface area (Å²) >= 11 is -4.33. The van der Waals surface area contributed by atoms with Gasteiger partial charge < -0.3 is 0 Å². The molecule has 0 aliphatic rings. The van der Waals surface area contributed by atoms with E-state index in [0.29, 0.717) is 6.61 Å². The van der Waals surface area contributed by atoms with Crippen molar-refractivity contribution >= 4 is 40.3 Å². The van der Waals surface area contributed by atoms with Crippen molar-refractivity contribution in [3.63, 3.8) is 0 Å². The van der Waals surface area contributed by atoms with Crippen LogP contribution in [0.2, 0.25) is 29.6 Å². The first kappa shape index (κ1) is 21.7. The van der Waals surface area contributed by atoms with Gasteiger partial charge in [0.05, 0.1) is 0 Å². The molecule has 2 aromatic carbocycles. The Bertz CT molecular complexity index is 751. The molecule has 0 aliphatic heterocycles. The Balaban J connectivity index is 2.32. The number of hydrogen-bond donors (Lipinski definition) is 0. The summed E-state index contributed by atoms with van der Waals surface area (Å²) in [6.45, 7) is 0.576. The second-order valence-corrected chi connectivity index (χ2v) is 37.5. The predicted molar refractivity (Wildman–Crippen MR) is 118 cm³/mol. The molecule has 2 aromatic rings. The van der Waals surface area contributed by atoms with Crippen LogP contribution in [-0.4, -0.2) is 43.9 Å². The van der Waals surface area contributed by atoms with Gasteiger partial charge in [0.1, 0.15) is 0 Å². The molecule has 140 valence electrons. The molecule has 0 unspecified atom stereocenters. The molecule has 2 rings (SSSR count). The summed E-state index contributed by atoms with van der Waals surface area (Å²) in [4.78, 5) is 14.9. The van der Waals surface area contributed by atoms with E-state index in [-0.39, 0.29) is 0 Å². The van der Waals surface area contributed by atoms with E-state index in [1.807, 2.05) is 12.1 Å². The van der Waals surface area contributed by atoms with E-state index < -0.39 is 36.8 Å². The predicted octanol–water partition coefficient (Wildman–Crippen LogP) is 6.41. The average Bonchev–Trinajstić information content (AvgIpc) is 2.57. The van der Waals surface area contributed by atoms with E-state index in [1.54, 1.807) is 10.7 Å². The second kappa shape index (κ2) is 9.05. The number of ether oxygens (including phenoxy) is 2. The third kappa shape index (κ3) is 6.52. The fraction of sp³-hybridized carbons (Fsp3) is 0.364. The third-order valence-corrected chi connectivity index (χ3v) is 15.6. The SMILES string of the molecule is COc1ccc(COc2ccccc2/[C](=[CH]/[Sn]([CH3])([CH3])[CH3])[Sn]([CH3])([CH3])[CH3])cc1. The van der Waals surface area contributed by atoms with Crippen molar-refractivity contribution in [3.8, 4) is 11.5 Å². The van der Waals surface area contributed by atoms with Crippen molar-refractivity contribution in [1.29, 1.82) is 0 Å². The first-order valence-corrected chi connectivity index (χ1v) is 29.4. The number of hydrogen-bond acceptors (Lipinski definition) is 2. The molecule has 0 aromatic heterocycles. The van der Waals surface area contributed by atoms with Crippen molar-refractivity contribution in [3.05, 3.63) is 63.7 Å². The molecular weight excluding hydrogens is 534 g/mol. The van der Waals surface area contributed by atoms with Crippen LogP contribution in [0.4, 0.5) is 0 Å². The summed E-state index contributed by atoms with van der Waals surface area (Å²) in [6, 6.07) is 16.7. The molecule has 2 nitrogen and oxygen atoms in total. The van der Waals surface area contributed by atoms with Gasteiger partial charge in [0.2, 0.25) is 0 Å². The summed E-state index contributed by atoms with van der Waals surface area (Å²) in [5.74, 6) is 1.88. The van der Waals surface area contributed by atoms with E-state index in [9.17, 15) is 0 Å². The molecule has 4 heteroatoms. The van der Waals surface area contributed by atoms with Gasteiger partial charge in [-0.1, -0.05) is 0 Å². The molecular formula is C22H32O2Sn2. The minimum atomic E-state index is -2.27. The van der Waals surface area contributed by atoms with Crippen molar-refractivity contribution in [1.82, 2.24) is 0 Å². The van der Waals surface area contributed by atoms with Gasteiger partial charge in [0, 0.05) is 0 Å². The third-order valence-electron chi connectivity index (χ3n) is 4.12. The van der Waals surface area contributed by atoms with E-state index in [4.69, 9.17) is 9.47 Å². The molecule has 0 saturated heterocycles. The van der Waals surface area contributed by atoms with Crippen LogP contribution in [0.15, 0.2) is 52.6 Å². The van der Waals surface area contributed by atoms with E-state index in [1.165, 1.54) is 5.56 Å². The van der Waals surface area contributed by atoms with Crippen LogP contribution >= 0.6 is 0 Å². The Labute approximate surface area is 167 Å². The van der Waals surface area contributed by atoms with Crippen LogP contribution in [0.3, 0.4) is 0 Å². The molecule has 0 bridgehead atoms. The topological polar surface area (TPSA) is 18.5 Å². The number of benzene rings is 2. The van der Waals surface area contributed by atoms with Crippen molar-refractivity contribution in [2.24, 2.45) is 0 Å². The summed E-state index contributed by atoms with van der Waals surface area (Å²) in [5.41, 5.74) is 2.47. The van der Waals surface area contributed by atoms with Gasteiger partial charge in [-0.25, -0.2) is 0 Å². The van der Waals surface area contributed by atoms with E-state index in [0.717, 1.165) is 17.1 Å². The molecule has 0 heterocycles. The summed E-state index contributed by atoms with van der Waals surface area (Å²) in [5, 5.41) is 0. The first-order chi connectivity index (χ1) is 12.1. The summed E-state index contributed by atoms with van der Waals surface area (Å²) in [7, 11) is 1.69. The van der Waals surface area contributed by atoms with Crippen molar-refractivity contribution in [2.45, 2.75) is 36.2 Å². The van der Waals surface area contributed by atoms with Crippen LogP contribution in [0.25, 0.3) is 3.59 Å². The molecule has 0 fully saturated rings. The normalized spacial score (nSPS) is 12.8. The second-order valence-electron chi connectivity index (χ2n) is 8.81. The molecule has 0 atom stereocenters. The van der Waals surface area contributed by atoms with Gasteiger partial charge in [-0.15, -0.1) is 0 Å². The zero-order valence-electron chi connectivity index (χ0n) is 17.2. The van der Waals surface area contributed by atoms with Crippen molar-refractivity contribution < 1.29 is 9.47 Å². The monoisotopic (exact) mass is 568 g/mol. The first-order valence-electron chi connectivity index (χ1n) is 9.18. The van der Waals surface area contributed by atoms with Crippen molar-refractivity contribution in [2.75, 3.05) is 7.11 Å². The average molecular weight is 566 g/mol. The Morgan fingerprint density at radius 2 is 1.50 bits per heavy atom. The summed E-state index contributed by atoms with van der Waals surface area (Å²) < 4.78 is 15.8. The standard InChI is InChI=1S/C16H14O2.6CH3.2Sn/c1-3-14-6-4-5-7-16(14)18-12-13-8-10-15(17-2)11-9-13;;;;;;;;/h1,4-11H,12H2,2H3;6*1H3;;. The number of para-hydroxylation sites is 1. The molecule has 26 heavy (non-hydrogen) atoms. The van der Waals surface area contributed by atoms with Crippen LogP contribution in [0, 0.1) is 0 Å². The molecule has 0 saturated carbocycles. The maximum absolute atomic E-state index is 6.26. The van der Waals surface area contributed by atoms with Gasteiger partial charge in [0.15, 0.2) is 0 Å². The fourth-order valence-corrected chi connectivity index (χ4v) is 26.5. The number of rotatable bonds is 7. The van der Waals surface area contributed by atoms with Gasteiger partial charge in [-0.3, -0.25) is 0 Å². The van der Waals surface area contributed by atoms with E-state index in [2.05, 4.69) is 70.1 Å². The van der Waals surface area contributed by atoms with Gasteiger partial charge in [-0.2, -0.15) is 0 Å². The Hall–Kier alpha value is -0.623. The fourth-order valence-electron chi connectivity index (χ4n) is 2.83. The molecule has 0 aliphatic carbocycles. The van der Waals surface area contributed by atoms with Crippen LogP contribution in [-0.2, 0) is 6.61 Å². The van der Waals surface area contributed by atoms with Gasteiger partial charge in [0.25, 0.3) is 0 Å². The van der Waals surface area contributed by atoms with Gasteiger partial charge >= 0.3 is 168 Å². The minimum absolute atomic E-state index is 0.576. The van der Waals surface area contributed by atoms with Crippen LogP contribution in [0.5, 0.6) is 11.5 Å². The van der Waals surface area contributed by atoms with Crippen LogP contribution in [0.1, 0.15) is 11.1 Å². The van der Waals surface area contributed by atoms with Crippen LogP contribution < -0.4 is 9.47 Å². The van der Waals surface area contributed by atoms with E-state index >= 15 is 0 Å². The zero-order chi connectivity index (χ0) is 19.4. The zero-order valence-corrected chi connectivity index (χ0v) is 22.9. The maximum atomic E-state index is 6.26. The quantitative estimate of drug-likeness (QED) is 0.361. The molecule has 0 amide bonds. The Morgan fingerprint density at radius 3 is 2.04 bits per heavy atom.